The Morgan fingerprint density at radius 3 is 2.51 bits per heavy atom. The predicted molar refractivity (Wildman–Crippen MR) is 133 cm³/mol. The molecule has 218 valence electrons. The van der Waals surface area contributed by atoms with Crippen LogP contribution in [0.5, 0.6) is 0 Å². The van der Waals surface area contributed by atoms with E-state index < -0.39 is 95.7 Å². The van der Waals surface area contributed by atoms with Gasteiger partial charge in [-0.2, -0.15) is 0 Å². The van der Waals surface area contributed by atoms with Crippen LogP contribution in [-0.4, -0.2) is 103 Å². The topological polar surface area (TPSA) is 174 Å². The zero-order chi connectivity index (χ0) is 28.7. The molecule has 0 amide bonds. The van der Waals surface area contributed by atoms with Gasteiger partial charge in [0.05, 0.1) is 12.7 Å². The molecule has 39 heavy (non-hydrogen) atoms. The van der Waals surface area contributed by atoms with Crippen LogP contribution < -0.4 is 0 Å². The summed E-state index contributed by atoms with van der Waals surface area (Å²) in [6.45, 7) is 3.72. The van der Waals surface area contributed by atoms with E-state index in [0.29, 0.717) is 24.8 Å². The number of Topliss-reactive ketones (excluding diaryl/α,β-unsaturated/α-hetero) is 1. The zero-order valence-electron chi connectivity index (χ0n) is 22.4. The van der Waals surface area contributed by atoms with Gasteiger partial charge in [0.2, 0.25) is 0 Å². The maximum absolute atomic E-state index is 17.3. The Bertz CT molecular complexity index is 1090. The van der Waals surface area contributed by atoms with Crippen LogP contribution in [0.1, 0.15) is 46.5 Å². The van der Waals surface area contributed by atoms with E-state index in [1.807, 2.05) is 0 Å². The minimum Gasteiger partial charge on any atom is -0.394 e. The van der Waals surface area contributed by atoms with Gasteiger partial charge in [0.1, 0.15) is 36.6 Å². The standard InChI is InChI=1S/C28H39FO10/c1-13-8-17-16-5-4-14-9-15(31)6-7-25(14,2)27(16,29)19(32)10-26(17,3)28(13,37)20(33)12-38-24-23(36)22(35)21(34)18(11-30)39-24/h6-7,9,13,16-19,21-24,30,32,34-37H,4-5,8,10-12H2,1-3H3/t13-,16+,17+,18-,19+,21+,22+,23-,24-,25+,26+,27+,28+/m1/s1. The molecule has 4 fully saturated rings. The number of hydrogen-bond donors (Lipinski definition) is 6. The van der Waals surface area contributed by atoms with E-state index in [1.165, 1.54) is 12.2 Å². The van der Waals surface area contributed by atoms with Crippen LogP contribution in [0.15, 0.2) is 23.8 Å². The van der Waals surface area contributed by atoms with Crippen molar-refractivity contribution < 1.29 is 54.1 Å². The van der Waals surface area contributed by atoms with Gasteiger partial charge in [0.25, 0.3) is 0 Å². The third-order valence-electron chi connectivity index (χ3n) is 10.9. The number of ether oxygens (including phenoxy) is 2. The lowest BCUT2D eigenvalue weighted by Gasteiger charge is -2.62. The van der Waals surface area contributed by atoms with Gasteiger partial charge in [0, 0.05) is 16.7 Å². The van der Waals surface area contributed by atoms with Gasteiger partial charge < -0.3 is 40.1 Å². The van der Waals surface area contributed by atoms with Crippen molar-refractivity contribution in [1.82, 2.24) is 0 Å². The lowest BCUT2D eigenvalue weighted by molar-refractivity contribution is -0.300. The molecule has 0 aromatic rings. The summed E-state index contributed by atoms with van der Waals surface area (Å²) in [5, 5.41) is 63.1. The van der Waals surface area contributed by atoms with E-state index in [-0.39, 0.29) is 12.2 Å². The van der Waals surface area contributed by atoms with Crippen LogP contribution in [-0.2, 0) is 19.1 Å². The van der Waals surface area contributed by atoms with Crippen molar-refractivity contribution in [3.63, 3.8) is 0 Å². The molecule has 0 bridgehead atoms. The SMILES string of the molecule is C[C@@H]1C[C@H]2[C@@H]3CCC4=CC(=O)C=C[C@]4(C)[C@@]3(F)[C@@H](O)C[C@]2(C)[C@@]1(O)C(=O)CO[C@@H]1O[C@H](CO)[C@H](O)[C@H](O)[C@H]1O. The first kappa shape index (κ1) is 28.9. The van der Waals surface area contributed by atoms with Crippen molar-refractivity contribution in [3.05, 3.63) is 23.8 Å². The number of aliphatic hydroxyl groups is 6. The Kier molecular flexibility index (Phi) is 7.04. The largest absolute Gasteiger partial charge is 0.394 e. The van der Waals surface area contributed by atoms with Crippen molar-refractivity contribution in [2.45, 2.75) is 94.5 Å². The minimum atomic E-state index is -2.10. The molecular weight excluding hydrogens is 515 g/mol. The fraction of sp³-hybridized carbons (Fsp3) is 0.786. The Balaban J connectivity index is 1.40. The highest BCUT2D eigenvalue weighted by Gasteiger charge is 2.75. The molecule has 4 aliphatic carbocycles. The molecule has 11 heteroatoms. The first-order chi connectivity index (χ1) is 18.2. The number of halogens is 1. The lowest BCUT2D eigenvalue weighted by Crippen LogP contribution is -2.69. The summed E-state index contributed by atoms with van der Waals surface area (Å²) in [4.78, 5) is 25.7. The third-order valence-corrected chi connectivity index (χ3v) is 10.9. The Morgan fingerprint density at radius 2 is 1.85 bits per heavy atom. The number of aliphatic hydroxyl groups excluding tert-OH is 5. The van der Waals surface area contributed by atoms with Gasteiger partial charge in [-0.25, -0.2) is 4.39 Å². The summed E-state index contributed by atoms with van der Waals surface area (Å²) in [5.41, 5.74) is -5.84. The van der Waals surface area contributed by atoms with Crippen LogP contribution in [0.3, 0.4) is 0 Å². The number of alkyl halides is 1. The van der Waals surface area contributed by atoms with Gasteiger partial charge in [-0.05, 0) is 56.6 Å². The summed E-state index contributed by atoms with van der Waals surface area (Å²) in [7, 11) is 0. The zero-order valence-corrected chi connectivity index (χ0v) is 22.4. The fourth-order valence-electron chi connectivity index (χ4n) is 8.61. The van der Waals surface area contributed by atoms with Crippen molar-refractivity contribution in [2.75, 3.05) is 13.2 Å². The number of carbonyl (C=O) groups excluding carboxylic acids is 2. The molecule has 0 unspecified atom stereocenters. The number of carbonyl (C=O) groups is 2. The Hall–Kier alpha value is -1.57. The second-order valence-corrected chi connectivity index (χ2v) is 12.6. The number of allylic oxidation sites excluding steroid dienone is 4. The molecule has 0 aromatic carbocycles. The fourth-order valence-corrected chi connectivity index (χ4v) is 8.61. The normalized spacial score (nSPS) is 53.0. The molecule has 6 N–H and O–H groups in total. The number of fused-ring (bicyclic) bond motifs is 5. The van der Waals surface area contributed by atoms with E-state index in [9.17, 15) is 40.2 Å². The Labute approximate surface area is 226 Å². The van der Waals surface area contributed by atoms with Gasteiger partial charge in [-0.1, -0.05) is 25.5 Å². The first-order valence-corrected chi connectivity index (χ1v) is 13.7. The van der Waals surface area contributed by atoms with Crippen LogP contribution in [0, 0.1) is 28.6 Å². The van der Waals surface area contributed by atoms with Crippen molar-refractivity contribution in [3.8, 4) is 0 Å². The molecular formula is C28H39FO10. The molecule has 1 saturated heterocycles. The summed E-state index contributed by atoms with van der Waals surface area (Å²) in [6, 6.07) is 0. The summed E-state index contributed by atoms with van der Waals surface area (Å²) in [6.07, 6.45) is -3.99. The first-order valence-electron chi connectivity index (χ1n) is 13.7. The number of ketones is 2. The second-order valence-electron chi connectivity index (χ2n) is 12.6. The number of rotatable bonds is 5. The summed E-state index contributed by atoms with van der Waals surface area (Å²) < 4.78 is 28.0. The maximum atomic E-state index is 17.3. The summed E-state index contributed by atoms with van der Waals surface area (Å²) in [5.74, 6) is -2.69. The molecule has 5 aliphatic rings. The maximum Gasteiger partial charge on any atom is 0.190 e. The van der Waals surface area contributed by atoms with E-state index in [2.05, 4.69) is 0 Å². The molecule has 1 heterocycles. The molecule has 10 nitrogen and oxygen atoms in total. The van der Waals surface area contributed by atoms with Gasteiger partial charge in [-0.15, -0.1) is 0 Å². The smallest absolute Gasteiger partial charge is 0.190 e. The number of hydrogen-bond acceptors (Lipinski definition) is 10. The Morgan fingerprint density at radius 1 is 1.15 bits per heavy atom. The molecule has 3 saturated carbocycles. The molecule has 5 rings (SSSR count). The van der Waals surface area contributed by atoms with Crippen LogP contribution in [0.4, 0.5) is 4.39 Å². The van der Waals surface area contributed by atoms with Crippen LogP contribution in [0.25, 0.3) is 0 Å². The lowest BCUT2D eigenvalue weighted by atomic mass is 9.44. The molecule has 0 spiro atoms. The molecule has 1 aliphatic heterocycles. The molecule has 13 atom stereocenters. The highest BCUT2D eigenvalue weighted by atomic mass is 19.1. The van der Waals surface area contributed by atoms with Crippen LogP contribution in [0.2, 0.25) is 0 Å². The molecule has 0 aromatic heterocycles. The van der Waals surface area contributed by atoms with E-state index >= 15 is 4.39 Å². The van der Waals surface area contributed by atoms with E-state index in [4.69, 9.17) is 9.47 Å². The highest BCUT2D eigenvalue weighted by Crippen LogP contribution is 2.70. The highest BCUT2D eigenvalue weighted by molar-refractivity contribution is 6.01. The van der Waals surface area contributed by atoms with Crippen LogP contribution >= 0.6 is 0 Å². The average molecular weight is 555 g/mol. The third kappa shape index (κ3) is 3.74. The quantitative estimate of drug-likeness (QED) is 0.265. The monoisotopic (exact) mass is 554 g/mol. The van der Waals surface area contributed by atoms with E-state index in [0.717, 1.165) is 0 Å². The van der Waals surface area contributed by atoms with Crippen molar-refractivity contribution in [1.29, 1.82) is 0 Å². The van der Waals surface area contributed by atoms with Gasteiger partial charge >= 0.3 is 0 Å². The summed E-state index contributed by atoms with van der Waals surface area (Å²) >= 11 is 0. The molecule has 0 radical (unpaired) electrons. The van der Waals surface area contributed by atoms with E-state index in [1.54, 1.807) is 26.8 Å². The van der Waals surface area contributed by atoms with Gasteiger partial charge in [-0.3, -0.25) is 9.59 Å². The van der Waals surface area contributed by atoms with Gasteiger partial charge in [0.15, 0.2) is 23.5 Å². The van der Waals surface area contributed by atoms with Crippen molar-refractivity contribution >= 4 is 11.6 Å². The minimum absolute atomic E-state index is 0.193. The average Bonchev–Trinajstić information content (AvgIpc) is 3.09. The van der Waals surface area contributed by atoms with Crippen molar-refractivity contribution in [2.24, 2.45) is 28.6 Å². The second kappa shape index (κ2) is 9.49. The predicted octanol–water partition coefficient (Wildman–Crippen LogP) is -0.280.